The van der Waals surface area contributed by atoms with Crippen LogP contribution in [0.2, 0.25) is 0 Å². The normalized spacial score (nSPS) is 21.0. The van der Waals surface area contributed by atoms with Gasteiger partial charge in [0, 0.05) is 10.0 Å². The van der Waals surface area contributed by atoms with E-state index in [1.807, 2.05) is 13.8 Å². The highest BCUT2D eigenvalue weighted by atomic mass is 79.9. The van der Waals surface area contributed by atoms with Gasteiger partial charge in [-0.25, -0.2) is 4.39 Å². The zero-order valence-electron chi connectivity index (χ0n) is 11.8. The zero-order valence-corrected chi connectivity index (χ0v) is 13.4. The number of halogens is 2. The molecule has 0 spiro atoms. The summed E-state index contributed by atoms with van der Waals surface area (Å²) in [6, 6.07) is 6.52. The van der Waals surface area contributed by atoms with E-state index in [2.05, 4.69) is 26.3 Å². The van der Waals surface area contributed by atoms with Crippen molar-refractivity contribution in [1.29, 1.82) is 0 Å². The van der Waals surface area contributed by atoms with Crippen molar-refractivity contribution in [3.8, 4) is 0 Å². The molecule has 0 aliphatic carbocycles. The van der Waals surface area contributed by atoms with Crippen LogP contribution in [0.5, 0.6) is 0 Å². The number of fused-ring (bicyclic) bond motifs is 1. The van der Waals surface area contributed by atoms with Gasteiger partial charge in [0.2, 0.25) is 0 Å². The van der Waals surface area contributed by atoms with E-state index in [9.17, 15) is 9.18 Å². The van der Waals surface area contributed by atoms with E-state index in [1.54, 1.807) is 22.9 Å². The first-order chi connectivity index (χ1) is 9.93. The Kier molecular flexibility index (Phi) is 3.36. The lowest BCUT2D eigenvalue weighted by Crippen LogP contribution is -2.52. The van der Waals surface area contributed by atoms with Crippen molar-refractivity contribution in [2.24, 2.45) is 0 Å². The molecule has 3 rings (SSSR count). The molecular weight excluding hydrogens is 337 g/mol. The Morgan fingerprint density at radius 1 is 1.48 bits per heavy atom. The average Bonchev–Trinajstić information content (AvgIpc) is 2.84. The van der Waals surface area contributed by atoms with Crippen molar-refractivity contribution in [1.82, 2.24) is 15.1 Å². The number of carbonyl (C=O) groups excluding carboxylic acids is 1. The fraction of sp³-hybridized carbons (Fsp3) is 0.333. The molecule has 1 amide bonds. The van der Waals surface area contributed by atoms with Gasteiger partial charge in [-0.2, -0.15) is 5.10 Å². The summed E-state index contributed by atoms with van der Waals surface area (Å²) in [7, 11) is 0. The number of aromatic nitrogens is 2. The third-order valence-electron chi connectivity index (χ3n) is 3.80. The summed E-state index contributed by atoms with van der Waals surface area (Å²) in [6.45, 7) is 4.20. The van der Waals surface area contributed by atoms with Gasteiger partial charge >= 0.3 is 0 Å². The van der Waals surface area contributed by atoms with Crippen molar-refractivity contribution >= 4 is 21.8 Å². The molecule has 2 aromatic rings. The molecule has 21 heavy (non-hydrogen) atoms. The van der Waals surface area contributed by atoms with E-state index in [0.29, 0.717) is 17.8 Å². The van der Waals surface area contributed by atoms with Crippen LogP contribution < -0.4 is 5.32 Å². The first kappa shape index (κ1) is 14.3. The second-order valence-electron chi connectivity index (χ2n) is 5.44. The summed E-state index contributed by atoms with van der Waals surface area (Å²) >= 11 is 3.35. The molecule has 1 N–H and O–H groups in total. The monoisotopic (exact) mass is 351 g/mol. The molecule has 1 atom stereocenters. The maximum Gasteiger partial charge on any atom is 0.270 e. The number of nitrogens with zero attached hydrogens (tertiary/aromatic N) is 2. The number of rotatable bonds is 2. The molecule has 110 valence electrons. The molecule has 6 heteroatoms. The van der Waals surface area contributed by atoms with Crippen molar-refractivity contribution < 1.29 is 9.18 Å². The van der Waals surface area contributed by atoms with Crippen LogP contribution in [0, 0.1) is 5.82 Å². The molecule has 1 unspecified atom stereocenters. The molecule has 0 bridgehead atoms. The van der Waals surface area contributed by atoms with Crippen LogP contribution >= 0.6 is 15.9 Å². The molecule has 0 fully saturated rings. The molecule has 1 aliphatic rings. The van der Waals surface area contributed by atoms with Gasteiger partial charge in [0.1, 0.15) is 11.5 Å². The molecule has 1 aromatic carbocycles. The minimum Gasteiger partial charge on any atom is -0.339 e. The maximum absolute atomic E-state index is 14.2. The minimum atomic E-state index is -0.824. The summed E-state index contributed by atoms with van der Waals surface area (Å²) < 4.78 is 16.6. The third-order valence-corrected chi connectivity index (χ3v) is 4.30. The predicted octanol–water partition coefficient (Wildman–Crippen LogP) is 3.01. The topological polar surface area (TPSA) is 46.9 Å². The second-order valence-corrected chi connectivity index (χ2v) is 6.36. The highest BCUT2D eigenvalue weighted by Crippen LogP contribution is 2.31. The van der Waals surface area contributed by atoms with E-state index in [1.165, 1.54) is 6.07 Å². The number of amides is 1. The highest BCUT2D eigenvalue weighted by molar-refractivity contribution is 9.10. The Labute approximate surface area is 130 Å². The van der Waals surface area contributed by atoms with Gasteiger partial charge in [-0.3, -0.25) is 9.48 Å². The Morgan fingerprint density at radius 3 is 2.95 bits per heavy atom. The van der Waals surface area contributed by atoms with Crippen LogP contribution in [0.1, 0.15) is 35.6 Å². The molecule has 0 saturated carbocycles. The van der Waals surface area contributed by atoms with Crippen LogP contribution in [0.3, 0.4) is 0 Å². The Balaban J connectivity index is 2.07. The van der Waals surface area contributed by atoms with Crippen molar-refractivity contribution in [3.05, 3.63) is 51.5 Å². The van der Waals surface area contributed by atoms with Crippen LogP contribution in [-0.4, -0.2) is 15.7 Å². The van der Waals surface area contributed by atoms with E-state index in [4.69, 9.17) is 0 Å². The summed E-state index contributed by atoms with van der Waals surface area (Å²) in [5.74, 6) is -0.567. The fourth-order valence-electron chi connectivity index (χ4n) is 2.67. The van der Waals surface area contributed by atoms with Crippen LogP contribution in [0.15, 0.2) is 28.7 Å². The summed E-state index contributed by atoms with van der Waals surface area (Å²) in [5.41, 5.74) is 1.01. The molecule has 1 aromatic heterocycles. The van der Waals surface area contributed by atoms with Gasteiger partial charge < -0.3 is 5.32 Å². The minimum absolute atomic E-state index is 0.227. The van der Waals surface area contributed by atoms with Gasteiger partial charge in [-0.05, 0) is 37.6 Å². The van der Waals surface area contributed by atoms with E-state index >= 15 is 0 Å². The lowest BCUT2D eigenvalue weighted by atomic mass is 9.89. The van der Waals surface area contributed by atoms with Crippen LogP contribution in [0.25, 0.3) is 0 Å². The first-order valence-electron chi connectivity index (χ1n) is 6.78. The Hall–Kier alpha value is -1.69. The van der Waals surface area contributed by atoms with Crippen molar-refractivity contribution in [2.75, 3.05) is 0 Å². The fourth-order valence-corrected chi connectivity index (χ4v) is 3.03. The highest BCUT2D eigenvalue weighted by Gasteiger charge is 2.38. The van der Waals surface area contributed by atoms with E-state index < -0.39 is 5.54 Å². The van der Waals surface area contributed by atoms with E-state index in [-0.39, 0.29) is 11.7 Å². The Bertz CT molecular complexity index is 728. The van der Waals surface area contributed by atoms with Gasteiger partial charge in [-0.1, -0.05) is 22.9 Å². The van der Waals surface area contributed by atoms with Crippen molar-refractivity contribution in [3.63, 3.8) is 0 Å². The maximum atomic E-state index is 14.2. The van der Waals surface area contributed by atoms with Crippen molar-refractivity contribution in [2.45, 2.75) is 32.4 Å². The Morgan fingerprint density at radius 2 is 2.24 bits per heavy atom. The van der Waals surface area contributed by atoms with Gasteiger partial charge in [-0.15, -0.1) is 0 Å². The zero-order chi connectivity index (χ0) is 15.2. The number of nitrogens with one attached hydrogen (secondary N) is 1. The standard InChI is InChI=1S/C15H15BrFN3O/c1-3-10-7-13-14(21)18-15(2,8-20(13)19-10)11-6-9(16)4-5-12(11)17/h4-7H,3,8H2,1-2H3,(H,18,21). The third kappa shape index (κ3) is 2.37. The number of carbonyl (C=O) groups is 1. The molecule has 0 saturated heterocycles. The largest absolute Gasteiger partial charge is 0.339 e. The second kappa shape index (κ2) is 4.94. The number of benzene rings is 1. The molecule has 1 aliphatic heterocycles. The molecule has 2 heterocycles. The van der Waals surface area contributed by atoms with Crippen LogP contribution in [-0.2, 0) is 18.5 Å². The lowest BCUT2D eigenvalue weighted by Gasteiger charge is -2.35. The number of hydrogen-bond donors (Lipinski definition) is 1. The van der Waals surface area contributed by atoms with Gasteiger partial charge in [0.25, 0.3) is 5.91 Å². The summed E-state index contributed by atoms with van der Waals surface area (Å²) in [4.78, 5) is 12.3. The summed E-state index contributed by atoms with van der Waals surface area (Å²) in [6.07, 6.45) is 0.759. The van der Waals surface area contributed by atoms with E-state index in [0.717, 1.165) is 16.6 Å². The van der Waals surface area contributed by atoms with Gasteiger partial charge in [0.05, 0.1) is 17.8 Å². The smallest absolute Gasteiger partial charge is 0.270 e. The lowest BCUT2D eigenvalue weighted by molar-refractivity contribution is 0.0836. The SMILES string of the molecule is CCc1cc2n(n1)CC(C)(c1cc(Br)ccc1F)NC2=O. The number of hydrogen-bond acceptors (Lipinski definition) is 2. The number of aryl methyl sites for hydroxylation is 1. The average molecular weight is 352 g/mol. The summed E-state index contributed by atoms with van der Waals surface area (Å²) in [5, 5.41) is 7.32. The van der Waals surface area contributed by atoms with Crippen LogP contribution in [0.4, 0.5) is 4.39 Å². The molecule has 0 radical (unpaired) electrons. The quantitative estimate of drug-likeness (QED) is 0.903. The van der Waals surface area contributed by atoms with Gasteiger partial charge in [0.15, 0.2) is 0 Å². The first-order valence-corrected chi connectivity index (χ1v) is 7.57. The molecule has 4 nitrogen and oxygen atoms in total. The predicted molar refractivity (Wildman–Crippen MR) is 80.5 cm³/mol. The molecular formula is C15H15BrFN3O.